The van der Waals surface area contributed by atoms with Gasteiger partial charge in [-0.25, -0.2) is 0 Å². The molecule has 0 spiro atoms. The molecule has 2 aromatic heterocycles. The molecule has 1 aliphatic heterocycles. The summed E-state index contributed by atoms with van der Waals surface area (Å²) in [7, 11) is 0. The fourth-order valence-corrected chi connectivity index (χ4v) is 3.25. The quantitative estimate of drug-likeness (QED) is 0.936. The number of fused-ring (bicyclic) bond motifs is 1. The van der Waals surface area contributed by atoms with Gasteiger partial charge in [-0.1, -0.05) is 13.0 Å². The van der Waals surface area contributed by atoms with Crippen molar-refractivity contribution in [3.63, 3.8) is 0 Å². The molecule has 0 saturated carbocycles. The number of pyridine rings is 1. The van der Waals surface area contributed by atoms with E-state index in [-0.39, 0.29) is 5.92 Å². The summed E-state index contributed by atoms with van der Waals surface area (Å²) in [5.74, 6) is -0.632. The Morgan fingerprint density at radius 2 is 2.33 bits per heavy atom. The first kappa shape index (κ1) is 13.7. The highest BCUT2D eigenvalue weighted by atomic mass is 16.4. The number of aliphatic carboxylic acids is 1. The molecule has 2 atom stereocenters. The van der Waals surface area contributed by atoms with Crippen LogP contribution < -0.4 is 0 Å². The fraction of sp³-hybridized carbons (Fsp3) is 0.375. The molecule has 0 aromatic carbocycles. The number of hydrogen-bond donors (Lipinski definition) is 1. The number of nitrogens with zero attached hydrogens (tertiary/aromatic N) is 3. The molecular formula is C16H17N3O2. The summed E-state index contributed by atoms with van der Waals surface area (Å²) in [6, 6.07) is 7.51. The summed E-state index contributed by atoms with van der Waals surface area (Å²) < 4.78 is 1.92. The van der Waals surface area contributed by atoms with E-state index in [9.17, 15) is 15.2 Å². The number of nitriles is 1. The predicted molar refractivity (Wildman–Crippen MR) is 77.7 cm³/mol. The van der Waals surface area contributed by atoms with Crippen molar-refractivity contribution in [2.45, 2.75) is 25.9 Å². The number of carbonyl (C=O) groups is 1. The summed E-state index contributed by atoms with van der Waals surface area (Å²) in [4.78, 5) is 13.4. The molecule has 21 heavy (non-hydrogen) atoms. The van der Waals surface area contributed by atoms with Crippen molar-refractivity contribution in [1.29, 1.82) is 5.26 Å². The molecule has 1 fully saturated rings. The lowest BCUT2D eigenvalue weighted by molar-refractivity contribution is -0.143. The van der Waals surface area contributed by atoms with Crippen LogP contribution in [0, 0.1) is 17.2 Å². The molecule has 1 aliphatic rings. The lowest BCUT2D eigenvalue weighted by atomic mass is 10.0. The molecule has 1 N–H and O–H groups in total. The van der Waals surface area contributed by atoms with Crippen LogP contribution in [0.2, 0.25) is 0 Å². The van der Waals surface area contributed by atoms with Gasteiger partial charge >= 0.3 is 5.97 Å². The molecule has 0 amide bonds. The van der Waals surface area contributed by atoms with Gasteiger partial charge in [0.05, 0.1) is 11.1 Å². The van der Waals surface area contributed by atoms with Gasteiger partial charge < -0.3 is 9.51 Å². The van der Waals surface area contributed by atoms with Crippen molar-refractivity contribution in [2.24, 2.45) is 5.92 Å². The highest BCUT2D eigenvalue weighted by Crippen LogP contribution is 2.28. The molecule has 108 valence electrons. The maximum Gasteiger partial charge on any atom is 0.321 e. The Balaban J connectivity index is 1.95. The van der Waals surface area contributed by atoms with Crippen LogP contribution in [0.15, 0.2) is 30.6 Å². The Bertz CT molecular complexity index is 729. The largest absolute Gasteiger partial charge is 0.480 e. The Hall–Kier alpha value is -2.32. The normalized spacial score (nSPS) is 22.5. The van der Waals surface area contributed by atoms with E-state index >= 15 is 0 Å². The SMILES string of the molecule is CC1CCN(Cc2cn3ccccc3c2C#N)C1C(=O)O. The van der Waals surface area contributed by atoms with Crippen molar-refractivity contribution in [3.8, 4) is 6.07 Å². The smallest absolute Gasteiger partial charge is 0.321 e. The topological polar surface area (TPSA) is 68.7 Å². The van der Waals surface area contributed by atoms with E-state index in [1.807, 2.05) is 46.8 Å². The zero-order chi connectivity index (χ0) is 15.0. The number of hydrogen-bond acceptors (Lipinski definition) is 3. The zero-order valence-electron chi connectivity index (χ0n) is 11.9. The summed E-state index contributed by atoms with van der Waals surface area (Å²) in [6.45, 7) is 3.24. The zero-order valence-corrected chi connectivity index (χ0v) is 11.9. The molecule has 2 unspecified atom stereocenters. The number of carboxylic acid groups (broad SMARTS) is 1. The number of carboxylic acids is 1. The molecule has 5 heteroatoms. The second kappa shape index (κ2) is 5.23. The van der Waals surface area contributed by atoms with Crippen molar-refractivity contribution in [1.82, 2.24) is 9.30 Å². The summed E-state index contributed by atoms with van der Waals surface area (Å²) in [5.41, 5.74) is 2.40. The summed E-state index contributed by atoms with van der Waals surface area (Å²) >= 11 is 0. The van der Waals surface area contributed by atoms with Crippen LogP contribution in [0.1, 0.15) is 24.5 Å². The number of rotatable bonds is 3. The minimum Gasteiger partial charge on any atom is -0.480 e. The molecule has 3 rings (SSSR count). The van der Waals surface area contributed by atoms with E-state index in [0.717, 1.165) is 24.0 Å². The lowest BCUT2D eigenvalue weighted by Gasteiger charge is -2.22. The van der Waals surface area contributed by atoms with Crippen LogP contribution in [0.3, 0.4) is 0 Å². The average Bonchev–Trinajstić information content (AvgIpc) is 2.99. The van der Waals surface area contributed by atoms with Gasteiger partial charge in [0, 0.05) is 24.5 Å². The maximum absolute atomic E-state index is 11.4. The summed E-state index contributed by atoms with van der Waals surface area (Å²) in [6.07, 6.45) is 4.71. The van der Waals surface area contributed by atoms with E-state index < -0.39 is 12.0 Å². The molecular weight excluding hydrogens is 266 g/mol. The standard InChI is InChI=1S/C16H17N3O2/c1-11-5-7-19(15(11)16(20)21)10-12-9-18-6-3-2-4-14(18)13(12)8-17/h2-4,6,9,11,15H,5,7,10H2,1H3,(H,20,21). The molecule has 0 radical (unpaired) electrons. The van der Waals surface area contributed by atoms with Gasteiger partial charge in [-0.3, -0.25) is 9.69 Å². The second-order valence-electron chi connectivity index (χ2n) is 5.65. The van der Waals surface area contributed by atoms with Crippen LogP contribution in [0.5, 0.6) is 0 Å². The Kier molecular flexibility index (Phi) is 3.40. The first-order valence-electron chi connectivity index (χ1n) is 7.07. The van der Waals surface area contributed by atoms with Crippen LogP contribution >= 0.6 is 0 Å². The Morgan fingerprint density at radius 1 is 1.52 bits per heavy atom. The van der Waals surface area contributed by atoms with Crippen LogP contribution in [-0.4, -0.2) is 33.0 Å². The molecule has 3 heterocycles. The first-order valence-corrected chi connectivity index (χ1v) is 7.07. The monoisotopic (exact) mass is 283 g/mol. The van der Waals surface area contributed by atoms with Gasteiger partial charge in [-0.05, 0) is 31.0 Å². The van der Waals surface area contributed by atoms with Crippen molar-refractivity contribution in [2.75, 3.05) is 6.54 Å². The predicted octanol–water partition coefficient (Wildman–Crippen LogP) is 2.11. The van der Waals surface area contributed by atoms with Crippen molar-refractivity contribution >= 4 is 11.5 Å². The third-order valence-corrected chi connectivity index (χ3v) is 4.30. The van der Waals surface area contributed by atoms with Gasteiger partial charge in [-0.2, -0.15) is 5.26 Å². The molecule has 0 bridgehead atoms. The van der Waals surface area contributed by atoms with Crippen molar-refractivity contribution < 1.29 is 9.90 Å². The lowest BCUT2D eigenvalue weighted by Crippen LogP contribution is -2.38. The highest BCUT2D eigenvalue weighted by molar-refractivity contribution is 5.74. The van der Waals surface area contributed by atoms with Crippen LogP contribution in [0.4, 0.5) is 0 Å². The van der Waals surface area contributed by atoms with Gasteiger partial charge in [0.1, 0.15) is 12.1 Å². The van der Waals surface area contributed by atoms with E-state index in [1.165, 1.54) is 0 Å². The molecule has 1 saturated heterocycles. The average molecular weight is 283 g/mol. The molecule has 5 nitrogen and oxygen atoms in total. The minimum absolute atomic E-state index is 0.144. The molecule has 2 aromatic rings. The van der Waals surface area contributed by atoms with Crippen LogP contribution in [0.25, 0.3) is 5.52 Å². The third-order valence-electron chi connectivity index (χ3n) is 4.30. The Morgan fingerprint density at radius 3 is 3.05 bits per heavy atom. The minimum atomic E-state index is -0.776. The third kappa shape index (κ3) is 2.28. The van der Waals surface area contributed by atoms with E-state index in [1.54, 1.807) is 0 Å². The van der Waals surface area contributed by atoms with Gasteiger partial charge in [0.15, 0.2) is 0 Å². The van der Waals surface area contributed by atoms with Crippen molar-refractivity contribution in [3.05, 3.63) is 41.7 Å². The number of likely N-dealkylation sites (tertiary alicyclic amines) is 1. The summed E-state index contributed by atoms with van der Waals surface area (Å²) in [5, 5.41) is 18.8. The fourth-order valence-electron chi connectivity index (χ4n) is 3.25. The maximum atomic E-state index is 11.4. The van der Waals surface area contributed by atoms with Crippen LogP contribution in [-0.2, 0) is 11.3 Å². The van der Waals surface area contributed by atoms with E-state index in [2.05, 4.69) is 6.07 Å². The Labute approximate surface area is 123 Å². The highest BCUT2D eigenvalue weighted by Gasteiger charge is 2.36. The van der Waals surface area contributed by atoms with Gasteiger partial charge in [0.25, 0.3) is 0 Å². The number of aromatic nitrogens is 1. The van der Waals surface area contributed by atoms with Gasteiger partial charge in [0.2, 0.25) is 0 Å². The second-order valence-corrected chi connectivity index (χ2v) is 5.65. The first-order chi connectivity index (χ1) is 10.1. The van der Waals surface area contributed by atoms with E-state index in [0.29, 0.717) is 12.1 Å². The van der Waals surface area contributed by atoms with Gasteiger partial charge in [-0.15, -0.1) is 0 Å². The van der Waals surface area contributed by atoms with E-state index in [4.69, 9.17) is 0 Å². The molecule has 0 aliphatic carbocycles.